The van der Waals surface area contributed by atoms with Crippen LogP contribution in [0.15, 0.2) is 0 Å². The van der Waals surface area contributed by atoms with Gasteiger partial charge in [0.15, 0.2) is 0 Å². The normalized spacial score (nSPS) is 17.1. The zero-order valence-corrected chi connectivity index (χ0v) is 12.2. The minimum Gasteiger partial charge on any atom is -0.481 e. The number of carboxylic acids is 1. The molecule has 1 aliphatic rings. The fraction of sp³-hybridized carbons (Fsp3) is 0.846. The predicted octanol–water partition coefficient (Wildman–Crippen LogP) is 1.02. The molecular formula is C13H25N3O3. The van der Waals surface area contributed by atoms with Crippen LogP contribution in [0.5, 0.6) is 0 Å². The quantitative estimate of drug-likeness (QED) is 0.646. The van der Waals surface area contributed by atoms with E-state index in [1.165, 1.54) is 12.8 Å². The van der Waals surface area contributed by atoms with Gasteiger partial charge in [0.25, 0.3) is 0 Å². The van der Waals surface area contributed by atoms with Gasteiger partial charge in [0.1, 0.15) is 0 Å². The fourth-order valence-electron chi connectivity index (χ4n) is 2.00. The number of carbonyl (C=O) groups is 2. The molecule has 0 heterocycles. The van der Waals surface area contributed by atoms with Crippen molar-refractivity contribution in [2.45, 2.75) is 57.7 Å². The molecule has 0 saturated heterocycles. The van der Waals surface area contributed by atoms with Crippen LogP contribution in [0, 0.1) is 0 Å². The molecule has 0 aromatic carbocycles. The number of rotatable bonds is 7. The summed E-state index contributed by atoms with van der Waals surface area (Å²) < 4.78 is 0. The molecule has 6 heteroatoms. The van der Waals surface area contributed by atoms with Gasteiger partial charge in [0.2, 0.25) is 0 Å². The Hall–Kier alpha value is -1.30. The van der Waals surface area contributed by atoms with E-state index in [1.54, 1.807) is 13.8 Å². The Kier molecular flexibility index (Phi) is 5.17. The van der Waals surface area contributed by atoms with Crippen molar-refractivity contribution in [3.05, 3.63) is 0 Å². The molecule has 1 atom stereocenters. The lowest BCUT2D eigenvalue weighted by Crippen LogP contribution is -2.51. The molecule has 0 radical (unpaired) electrons. The summed E-state index contributed by atoms with van der Waals surface area (Å²) in [4.78, 5) is 24.6. The SMILES string of the molecule is CC(CNC(=O)NC(C)(C)CC(=O)O)N(C)C1CC1. The van der Waals surface area contributed by atoms with E-state index in [-0.39, 0.29) is 18.5 Å². The lowest BCUT2D eigenvalue weighted by atomic mass is 10.0. The van der Waals surface area contributed by atoms with Crippen LogP contribution in [0.3, 0.4) is 0 Å². The van der Waals surface area contributed by atoms with Crippen molar-refractivity contribution >= 4 is 12.0 Å². The summed E-state index contributed by atoms with van der Waals surface area (Å²) >= 11 is 0. The van der Waals surface area contributed by atoms with E-state index in [0.29, 0.717) is 12.6 Å². The van der Waals surface area contributed by atoms with Gasteiger partial charge in [0, 0.05) is 24.2 Å². The highest BCUT2D eigenvalue weighted by Gasteiger charge is 2.29. The Bertz CT molecular complexity index is 340. The summed E-state index contributed by atoms with van der Waals surface area (Å²) in [5, 5.41) is 14.2. The number of hydrogen-bond donors (Lipinski definition) is 3. The first-order valence-electron chi connectivity index (χ1n) is 6.71. The van der Waals surface area contributed by atoms with E-state index >= 15 is 0 Å². The summed E-state index contributed by atoms with van der Waals surface area (Å²) in [7, 11) is 2.07. The number of urea groups is 1. The van der Waals surface area contributed by atoms with E-state index in [1.807, 2.05) is 0 Å². The van der Waals surface area contributed by atoms with Gasteiger partial charge in [-0.25, -0.2) is 4.79 Å². The topological polar surface area (TPSA) is 81.7 Å². The average molecular weight is 271 g/mol. The Balaban J connectivity index is 2.28. The lowest BCUT2D eigenvalue weighted by molar-refractivity contribution is -0.138. The molecule has 2 amide bonds. The van der Waals surface area contributed by atoms with Crippen molar-refractivity contribution in [1.82, 2.24) is 15.5 Å². The number of nitrogens with one attached hydrogen (secondary N) is 2. The predicted molar refractivity (Wildman–Crippen MR) is 73.1 cm³/mol. The van der Waals surface area contributed by atoms with Crippen LogP contribution in [0.2, 0.25) is 0 Å². The van der Waals surface area contributed by atoms with E-state index < -0.39 is 11.5 Å². The highest BCUT2D eigenvalue weighted by Crippen LogP contribution is 2.26. The first-order chi connectivity index (χ1) is 8.71. The molecule has 0 aromatic heterocycles. The van der Waals surface area contributed by atoms with Gasteiger partial charge < -0.3 is 15.7 Å². The number of aliphatic carboxylic acids is 1. The van der Waals surface area contributed by atoms with Crippen LogP contribution in [-0.4, -0.2) is 53.2 Å². The fourth-order valence-corrected chi connectivity index (χ4v) is 2.00. The van der Waals surface area contributed by atoms with Gasteiger partial charge in [-0.15, -0.1) is 0 Å². The zero-order chi connectivity index (χ0) is 14.6. The monoisotopic (exact) mass is 271 g/mol. The van der Waals surface area contributed by atoms with Gasteiger partial charge in [-0.1, -0.05) is 0 Å². The molecule has 1 saturated carbocycles. The number of carbonyl (C=O) groups excluding carboxylic acids is 1. The van der Waals surface area contributed by atoms with Crippen molar-refractivity contribution in [3.8, 4) is 0 Å². The van der Waals surface area contributed by atoms with Crippen molar-refractivity contribution in [3.63, 3.8) is 0 Å². The highest BCUT2D eigenvalue weighted by molar-refractivity contribution is 5.76. The minimum atomic E-state index is -0.924. The minimum absolute atomic E-state index is 0.0993. The molecule has 0 aromatic rings. The molecule has 110 valence electrons. The molecule has 6 nitrogen and oxygen atoms in total. The average Bonchev–Trinajstić information content (AvgIpc) is 3.05. The second-order valence-corrected chi connectivity index (χ2v) is 6.04. The van der Waals surface area contributed by atoms with Crippen LogP contribution in [-0.2, 0) is 4.79 Å². The van der Waals surface area contributed by atoms with E-state index in [0.717, 1.165) is 0 Å². The Labute approximate surface area is 114 Å². The summed E-state index contributed by atoms with van der Waals surface area (Å²) in [5.74, 6) is -0.924. The molecule has 1 rings (SSSR count). The van der Waals surface area contributed by atoms with Crippen LogP contribution < -0.4 is 10.6 Å². The molecule has 1 fully saturated rings. The lowest BCUT2D eigenvalue weighted by Gasteiger charge is -2.27. The Morgan fingerprint density at radius 2 is 2.00 bits per heavy atom. The van der Waals surface area contributed by atoms with Crippen molar-refractivity contribution in [2.24, 2.45) is 0 Å². The van der Waals surface area contributed by atoms with Crippen molar-refractivity contribution in [1.29, 1.82) is 0 Å². The summed E-state index contributed by atoms with van der Waals surface area (Å²) in [6, 6.07) is 0.617. The third-order valence-corrected chi connectivity index (χ3v) is 3.42. The number of hydrogen-bond acceptors (Lipinski definition) is 3. The Morgan fingerprint density at radius 1 is 1.42 bits per heavy atom. The van der Waals surface area contributed by atoms with E-state index in [9.17, 15) is 9.59 Å². The molecule has 0 aliphatic heterocycles. The van der Waals surface area contributed by atoms with E-state index in [2.05, 4.69) is 29.5 Å². The Morgan fingerprint density at radius 3 is 2.47 bits per heavy atom. The third-order valence-electron chi connectivity index (χ3n) is 3.42. The van der Waals surface area contributed by atoms with Gasteiger partial charge >= 0.3 is 12.0 Å². The van der Waals surface area contributed by atoms with Crippen LogP contribution >= 0.6 is 0 Å². The third kappa shape index (κ3) is 5.92. The molecule has 1 aliphatic carbocycles. The number of likely N-dealkylation sites (N-methyl/N-ethyl adjacent to an activating group) is 1. The maximum atomic E-state index is 11.7. The highest BCUT2D eigenvalue weighted by atomic mass is 16.4. The number of nitrogens with zero attached hydrogens (tertiary/aromatic N) is 1. The summed E-state index contributed by atoms with van der Waals surface area (Å²) in [6.45, 7) is 6.02. The maximum absolute atomic E-state index is 11.7. The molecule has 0 bridgehead atoms. The van der Waals surface area contributed by atoms with Crippen molar-refractivity contribution < 1.29 is 14.7 Å². The van der Waals surface area contributed by atoms with Crippen LogP contribution in [0.25, 0.3) is 0 Å². The second kappa shape index (κ2) is 6.23. The number of amides is 2. The van der Waals surface area contributed by atoms with Gasteiger partial charge in [-0.3, -0.25) is 9.69 Å². The number of carboxylic acid groups (broad SMARTS) is 1. The first-order valence-corrected chi connectivity index (χ1v) is 6.71. The smallest absolute Gasteiger partial charge is 0.315 e. The van der Waals surface area contributed by atoms with Crippen LogP contribution in [0.1, 0.15) is 40.0 Å². The molecule has 0 spiro atoms. The standard InChI is InChI=1S/C13H25N3O3/c1-9(16(4)10-5-6-10)8-14-12(19)15-13(2,3)7-11(17)18/h9-10H,5-8H2,1-4H3,(H,17,18)(H2,14,15,19). The molecule has 3 N–H and O–H groups in total. The summed E-state index contributed by atoms with van der Waals surface area (Å²) in [6.07, 6.45) is 2.37. The molecular weight excluding hydrogens is 246 g/mol. The summed E-state index contributed by atoms with van der Waals surface area (Å²) in [5.41, 5.74) is -0.748. The largest absolute Gasteiger partial charge is 0.481 e. The molecule has 1 unspecified atom stereocenters. The maximum Gasteiger partial charge on any atom is 0.315 e. The van der Waals surface area contributed by atoms with Crippen molar-refractivity contribution in [2.75, 3.05) is 13.6 Å². The van der Waals surface area contributed by atoms with E-state index in [4.69, 9.17) is 5.11 Å². The first kappa shape index (κ1) is 15.8. The van der Waals surface area contributed by atoms with Gasteiger partial charge in [-0.2, -0.15) is 0 Å². The second-order valence-electron chi connectivity index (χ2n) is 6.04. The molecule has 19 heavy (non-hydrogen) atoms. The van der Waals surface area contributed by atoms with Gasteiger partial charge in [-0.05, 0) is 40.7 Å². The zero-order valence-electron chi connectivity index (χ0n) is 12.2. The van der Waals surface area contributed by atoms with Crippen LogP contribution in [0.4, 0.5) is 4.79 Å². The van der Waals surface area contributed by atoms with Gasteiger partial charge in [0.05, 0.1) is 6.42 Å².